The van der Waals surface area contributed by atoms with E-state index in [4.69, 9.17) is 0 Å². The molecule has 3 atom stereocenters. The molecule has 2 bridgehead atoms. The van der Waals surface area contributed by atoms with Crippen LogP contribution in [-0.2, 0) is 11.3 Å². The van der Waals surface area contributed by atoms with E-state index in [2.05, 4.69) is 41.4 Å². The van der Waals surface area contributed by atoms with Gasteiger partial charge in [0.05, 0.1) is 5.92 Å². The summed E-state index contributed by atoms with van der Waals surface area (Å²) in [6.45, 7) is 2.91. The summed E-state index contributed by atoms with van der Waals surface area (Å²) in [4.78, 5) is 15.2. The summed E-state index contributed by atoms with van der Waals surface area (Å²) in [6.07, 6.45) is 5.87. The van der Waals surface area contributed by atoms with Gasteiger partial charge in [0, 0.05) is 24.7 Å². The van der Waals surface area contributed by atoms with Crippen LogP contribution in [0.5, 0.6) is 0 Å². The predicted octanol–water partition coefficient (Wildman–Crippen LogP) is 2.63. The zero-order valence-corrected chi connectivity index (χ0v) is 12.7. The molecule has 3 heteroatoms. The van der Waals surface area contributed by atoms with Crippen molar-refractivity contribution in [2.24, 2.45) is 5.92 Å². The molecule has 0 radical (unpaired) electrons. The molecule has 0 aromatic heterocycles. The summed E-state index contributed by atoms with van der Waals surface area (Å²) in [5, 5.41) is 3.60. The van der Waals surface area contributed by atoms with Crippen molar-refractivity contribution < 1.29 is 4.79 Å². The standard InChI is InChI=1S/C18H24N2O/c1-12-3-2-4-13(9-12)11-20(15-6-7-15)18(21)16-10-14-5-8-17(16)19-14/h2-4,9,14-17,19H,5-8,10-11H2,1H3. The van der Waals surface area contributed by atoms with Gasteiger partial charge >= 0.3 is 0 Å². The van der Waals surface area contributed by atoms with Crippen molar-refractivity contribution in [2.45, 2.75) is 63.7 Å². The fourth-order valence-corrected chi connectivity index (χ4v) is 4.09. The molecule has 0 spiro atoms. The summed E-state index contributed by atoms with van der Waals surface area (Å²) in [7, 11) is 0. The number of hydrogen-bond donors (Lipinski definition) is 1. The molecule has 1 amide bonds. The van der Waals surface area contributed by atoms with Crippen molar-refractivity contribution in [1.82, 2.24) is 10.2 Å². The van der Waals surface area contributed by atoms with Crippen LogP contribution < -0.4 is 5.32 Å². The molecule has 1 saturated carbocycles. The van der Waals surface area contributed by atoms with Crippen molar-refractivity contribution in [2.75, 3.05) is 0 Å². The third-order valence-corrected chi connectivity index (χ3v) is 5.32. The first-order chi connectivity index (χ1) is 10.2. The van der Waals surface area contributed by atoms with Crippen molar-refractivity contribution in [1.29, 1.82) is 0 Å². The predicted molar refractivity (Wildman–Crippen MR) is 82.8 cm³/mol. The van der Waals surface area contributed by atoms with E-state index in [9.17, 15) is 4.79 Å². The summed E-state index contributed by atoms with van der Waals surface area (Å²) in [5.41, 5.74) is 2.55. The maximum absolute atomic E-state index is 13.0. The number of rotatable bonds is 4. The second kappa shape index (κ2) is 5.13. The van der Waals surface area contributed by atoms with Crippen LogP contribution in [0.1, 0.15) is 43.2 Å². The highest BCUT2D eigenvalue weighted by Crippen LogP contribution is 2.37. The Morgan fingerprint density at radius 2 is 2.14 bits per heavy atom. The summed E-state index contributed by atoms with van der Waals surface area (Å²) >= 11 is 0. The normalized spacial score (nSPS) is 30.6. The Morgan fingerprint density at radius 3 is 2.76 bits per heavy atom. The number of carbonyl (C=O) groups excluding carboxylic acids is 1. The summed E-state index contributed by atoms with van der Waals surface area (Å²) in [6, 6.07) is 10.1. The van der Waals surface area contributed by atoms with Gasteiger partial charge in [0.2, 0.25) is 5.91 Å². The second-order valence-corrected chi connectivity index (χ2v) is 7.08. The Labute approximate surface area is 126 Å². The monoisotopic (exact) mass is 284 g/mol. The minimum atomic E-state index is 0.231. The Morgan fingerprint density at radius 1 is 1.29 bits per heavy atom. The topological polar surface area (TPSA) is 32.3 Å². The van der Waals surface area contributed by atoms with E-state index in [1.165, 1.54) is 36.8 Å². The van der Waals surface area contributed by atoms with Crippen LogP contribution in [-0.4, -0.2) is 28.9 Å². The molecule has 3 nitrogen and oxygen atoms in total. The fraction of sp³-hybridized carbons (Fsp3) is 0.611. The molecule has 1 N–H and O–H groups in total. The maximum Gasteiger partial charge on any atom is 0.227 e. The molecule has 112 valence electrons. The summed E-state index contributed by atoms with van der Waals surface area (Å²) in [5.74, 6) is 0.632. The van der Waals surface area contributed by atoms with Crippen LogP contribution in [0, 0.1) is 12.8 Å². The zero-order valence-electron chi connectivity index (χ0n) is 12.7. The smallest absolute Gasteiger partial charge is 0.227 e. The van der Waals surface area contributed by atoms with Gasteiger partial charge in [-0.15, -0.1) is 0 Å². The number of benzene rings is 1. The minimum Gasteiger partial charge on any atom is -0.335 e. The van der Waals surface area contributed by atoms with Gasteiger partial charge in [0.1, 0.15) is 0 Å². The van der Waals surface area contributed by atoms with Gasteiger partial charge in [-0.3, -0.25) is 4.79 Å². The number of nitrogens with one attached hydrogen (secondary N) is 1. The molecule has 2 heterocycles. The van der Waals surface area contributed by atoms with Gasteiger partial charge in [-0.2, -0.15) is 0 Å². The molecular formula is C18H24N2O. The van der Waals surface area contributed by atoms with Crippen molar-refractivity contribution in [3.63, 3.8) is 0 Å². The lowest BCUT2D eigenvalue weighted by Crippen LogP contribution is -2.41. The lowest BCUT2D eigenvalue weighted by molar-refractivity contribution is -0.137. The number of aryl methyl sites for hydroxylation is 1. The lowest BCUT2D eigenvalue weighted by atomic mass is 9.88. The van der Waals surface area contributed by atoms with Gasteiger partial charge in [0.25, 0.3) is 0 Å². The van der Waals surface area contributed by atoms with Gasteiger partial charge in [-0.05, 0) is 44.6 Å². The average Bonchev–Trinajstić information content (AvgIpc) is 3.10. The minimum absolute atomic E-state index is 0.231. The van der Waals surface area contributed by atoms with Crippen molar-refractivity contribution >= 4 is 5.91 Å². The first-order valence-electron chi connectivity index (χ1n) is 8.33. The molecule has 21 heavy (non-hydrogen) atoms. The van der Waals surface area contributed by atoms with E-state index in [1.54, 1.807) is 0 Å². The number of nitrogens with zero attached hydrogens (tertiary/aromatic N) is 1. The van der Waals surface area contributed by atoms with Crippen LogP contribution in [0.25, 0.3) is 0 Å². The maximum atomic E-state index is 13.0. The highest BCUT2D eigenvalue weighted by Gasteiger charge is 2.46. The molecule has 1 aromatic carbocycles. The van der Waals surface area contributed by atoms with Crippen LogP contribution in [0.3, 0.4) is 0 Å². The highest BCUT2D eigenvalue weighted by atomic mass is 16.2. The van der Waals surface area contributed by atoms with Gasteiger partial charge in [-0.25, -0.2) is 0 Å². The largest absolute Gasteiger partial charge is 0.335 e. The number of hydrogen-bond acceptors (Lipinski definition) is 2. The number of fused-ring (bicyclic) bond motifs is 2. The molecule has 2 aliphatic heterocycles. The van der Waals surface area contributed by atoms with E-state index in [0.29, 0.717) is 24.0 Å². The fourth-order valence-electron chi connectivity index (χ4n) is 4.09. The van der Waals surface area contributed by atoms with E-state index in [-0.39, 0.29) is 5.92 Å². The number of carbonyl (C=O) groups is 1. The van der Waals surface area contributed by atoms with Gasteiger partial charge < -0.3 is 10.2 Å². The van der Waals surface area contributed by atoms with E-state index < -0.39 is 0 Å². The zero-order chi connectivity index (χ0) is 14.4. The first-order valence-corrected chi connectivity index (χ1v) is 8.33. The second-order valence-electron chi connectivity index (χ2n) is 7.08. The lowest BCUT2D eigenvalue weighted by Gasteiger charge is -2.29. The van der Waals surface area contributed by atoms with E-state index >= 15 is 0 Å². The molecule has 4 rings (SSSR count). The average molecular weight is 284 g/mol. The van der Waals surface area contributed by atoms with Crippen LogP contribution in [0.2, 0.25) is 0 Å². The third kappa shape index (κ3) is 2.59. The third-order valence-electron chi connectivity index (χ3n) is 5.32. The van der Waals surface area contributed by atoms with Crippen molar-refractivity contribution in [3.05, 3.63) is 35.4 Å². The van der Waals surface area contributed by atoms with Crippen LogP contribution >= 0.6 is 0 Å². The summed E-state index contributed by atoms with van der Waals surface area (Å²) < 4.78 is 0. The van der Waals surface area contributed by atoms with Crippen molar-refractivity contribution in [3.8, 4) is 0 Å². The quantitative estimate of drug-likeness (QED) is 0.922. The Balaban J connectivity index is 1.50. The number of amides is 1. The molecule has 1 aromatic rings. The molecule has 2 saturated heterocycles. The Hall–Kier alpha value is -1.35. The van der Waals surface area contributed by atoms with Crippen LogP contribution in [0.15, 0.2) is 24.3 Å². The molecule has 3 fully saturated rings. The van der Waals surface area contributed by atoms with Gasteiger partial charge in [0.15, 0.2) is 0 Å². The molecule has 3 aliphatic rings. The van der Waals surface area contributed by atoms with E-state index in [1.807, 2.05) is 0 Å². The highest BCUT2D eigenvalue weighted by molar-refractivity contribution is 5.81. The van der Waals surface area contributed by atoms with E-state index in [0.717, 1.165) is 13.0 Å². The SMILES string of the molecule is Cc1cccc(CN(C(=O)C2CC3CCC2N3)C2CC2)c1. The molecule has 1 aliphatic carbocycles. The van der Waals surface area contributed by atoms with Crippen LogP contribution in [0.4, 0.5) is 0 Å². The molecular weight excluding hydrogens is 260 g/mol. The first kappa shape index (κ1) is 13.3. The Kier molecular flexibility index (Phi) is 3.26. The Bertz CT molecular complexity index is 552. The van der Waals surface area contributed by atoms with Gasteiger partial charge in [-0.1, -0.05) is 29.8 Å². The molecule has 3 unspecified atom stereocenters.